The molecule has 6 heteroatoms. The number of halogens is 1. The number of hydrogen-bond acceptors (Lipinski definition) is 4. The molecule has 0 aliphatic carbocycles. The van der Waals surface area contributed by atoms with Crippen molar-refractivity contribution in [2.75, 3.05) is 26.2 Å². The van der Waals surface area contributed by atoms with Crippen molar-refractivity contribution in [1.82, 2.24) is 14.8 Å². The maximum Gasteiger partial charge on any atom is 0.223 e. The molecular formula is C23H24FN3O2. The lowest BCUT2D eigenvalue weighted by molar-refractivity contribution is -0.133. The summed E-state index contributed by atoms with van der Waals surface area (Å²) in [6.07, 6.45) is 2.72. The molecule has 0 N–H and O–H groups in total. The van der Waals surface area contributed by atoms with Crippen LogP contribution in [-0.2, 0) is 17.8 Å². The Kier molecular flexibility index (Phi) is 6.00. The van der Waals surface area contributed by atoms with Crippen molar-refractivity contribution in [1.29, 1.82) is 0 Å². The summed E-state index contributed by atoms with van der Waals surface area (Å²) in [4.78, 5) is 21.2. The lowest BCUT2D eigenvalue weighted by Gasteiger charge is -2.34. The fraction of sp³-hybridized carbons (Fsp3) is 0.304. The van der Waals surface area contributed by atoms with Crippen molar-refractivity contribution in [2.45, 2.75) is 19.4 Å². The summed E-state index contributed by atoms with van der Waals surface area (Å²) in [6.45, 7) is 3.96. The highest BCUT2D eigenvalue weighted by atomic mass is 19.1. The molecule has 1 saturated heterocycles. The van der Waals surface area contributed by atoms with Crippen molar-refractivity contribution in [3.05, 3.63) is 78.1 Å². The molecule has 0 spiro atoms. The Morgan fingerprint density at radius 3 is 2.55 bits per heavy atom. The average Bonchev–Trinajstić information content (AvgIpc) is 3.22. The van der Waals surface area contributed by atoms with Gasteiger partial charge in [0.1, 0.15) is 17.3 Å². The second-order valence-electron chi connectivity index (χ2n) is 7.22. The van der Waals surface area contributed by atoms with Crippen LogP contribution in [0.1, 0.15) is 17.9 Å². The summed E-state index contributed by atoms with van der Waals surface area (Å²) >= 11 is 0. The van der Waals surface area contributed by atoms with Crippen LogP contribution in [0, 0.1) is 5.82 Å². The van der Waals surface area contributed by atoms with Gasteiger partial charge in [0.2, 0.25) is 5.91 Å². The Morgan fingerprint density at radius 1 is 1.00 bits per heavy atom. The Hall–Kier alpha value is -2.99. The molecular weight excluding hydrogens is 369 g/mol. The monoisotopic (exact) mass is 393 g/mol. The smallest absolute Gasteiger partial charge is 0.223 e. The number of carbonyl (C=O) groups is 1. The van der Waals surface area contributed by atoms with Crippen LogP contribution in [0.25, 0.3) is 11.3 Å². The lowest BCUT2D eigenvalue weighted by atomic mass is 10.1. The van der Waals surface area contributed by atoms with Gasteiger partial charge in [0.25, 0.3) is 0 Å². The number of pyridine rings is 1. The van der Waals surface area contributed by atoms with Gasteiger partial charge in [-0.2, -0.15) is 0 Å². The maximum atomic E-state index is 13.9. The first-order chi connectivity index (χ1) is 14.2. The fourth-order valence-electron chi connectivity index (χ4n) is 3.58. The molecule has 1 fully saturated rings. The van der Waals surface area contributed by atoms with Crippen molar-refractivity contribution in [2.24, 2.45) is 0 Å². The number of aromatic nitrogens is 1. The van der Waals surface area contributed by atoms with Crippen LogP contribution >= 0.6 is 0 Å². The summed E-state index contributed by atoms with van der Waals surface area (Å²) in [6, 6.07) is 16.0. The molecule has 1 aliphatic rings. The van der Waals surface area contributed by atoms with E-state index in [0.717, 1.165) is 38.4 Å². The number of carbonyl (C=O) groups excluding carboxylic acids is 1. The second kappa shape index (κ2) is 9.01. The van der Waals surface area contributed by atoms with Crippen LogP contribution in [0.4, 0.5) is 4.39 Å². The van der Waals surface area contributed by atoms with E-state index in [1.54, 1.807) is 30.5 Å². The van der Waals surface area contributed by atoms with E-state index in [1.807, 2.05) is 29.2 Å². The molecule has 5 nitrogen and oxygen atoms in total. The number of aryl methyl sites for hydroxylation is 1. The van der Waals surface area contributed by atoms with Gasteiger partial charge in [-0.05, 0) is 36.4 Å². The number of piperazine rings is 1. The third-order valence-corrected chi connectivity index (χ3v) is 5.22. The highest BCUT2D eigenvalue weighted by Crippen LogP contribution is 2.25. The van der Waals surface area contributed by atoms with Crippen molar-refractivity contribution >= 4 is 5.91 Å². The zero-order valence-electron chi connectivity index (χ0n) is 16.3. The van der Waals surface area contributed by atoms with Gasteiger partial charge in [-0.15, -0.1) is 0 Å². The second-order valence-corrected chi connectivity index (χ2v) is 7.22. The predicted molar refractivity (Wildman–Crippen MR) is 109 cm³/mol. The van der Waals surface area contributed by atoms with E-state index in [-0.39, 0.29) is 11.7 Å². The molecule has 0 bridgehead atoms. The van der Waals surface area contributed by atoms with E-state index >= 15 is 0 Å². The molecule has 3 aromatic rings. The first-order valence-corrected chi connectivity index (χ1v) is 9.93. The van der Waals surface area contributed by atoms with Crippen LogP contribution in [0.5, 0.6) is 0 Å². The number of benzene rings is 1. The molecule has 0 radical (unpaired) electrons. The molecule has 1 aliphatic heterocycles. The summed E-state index contributed by atoms with van der Waals surface area (Å²) in [5.41, 5.74) is 1.49. The first-order valence-electron chi connectivity index (χ1n) is 9.93. The van der Waals surface area contributed by atoms with Gasteiger partial charge < -0.3 is 9.32 Å². The van der Waals surface area contributed by atoms with Crippen molar-refractivity contribution in [3.63, 3.8) is 0 Å². The number of amides is 1. The molecule has 4 rings (SSSR count). The van der Waals surface area contributed by atoms with Crippen LogP contribution < -0.4 is 0 Å². The van der Waals surface area contributed by atoms with E-state index in [0.29, 0.717) is 29.9 Å². The van der Waals surface area contributed by atoms with Gasteiger partial charge in [-0.1, -0.05) is 18.2 Å². The number of hydrogen-bond donors (Lipinski definition) is 0. The molecule has 0 unspecified atom stereocenters. The number of furan rings is 1. The van der Waals surface area contributed by atoms with Gasteiger partial charge in [-0.25, -0.2) is 4.39 Å². The standard InChI is InChI=1S/C23H24FN3O2/c24-21-7-2-1-6-20(21)22-10-8-19(29-22)9-11-23(28)27-15-13-26(14-16-27)17-18-5-3-4-12-25-18/h1-8,10,12H,9,11,13-17H2. The molecule has 1 aromatic carbocycles. The van der Waals surface area contributed by atoms with E-state index in [4.69, 9.17) is 4.42 Å². The normalized spacial score (nSPS) is 14.9. The topological polar surface area (TPSA) is 49.6 Å². The SMILES string of the molecule is O=C(CCc1ccc(-c2ccccc2F)o1)N1CCN(Cc2ccccn2)CC1. The van der Waals surface area contributed by atoms with E-state index in [2.05, 4.69) is 9.88 Å². The van der Waals surface area contributed by atoms with E-state index < -0.39 is 0 Å². The quantitative estimate of drug-likeness (QED) is 0.640. The van der Waals surface area contributed by atoms with Crippen LogP contribution in [0.3, 0.4) is 0 Å². The maximum absolute atomic E-state index is 13.9. The molecule has 1 amide bonds. The van der Waals surface area contributed by atoms with Crippen LogP contribution in [-0.4, -0.2) is 46.9 Å². The summed E-state index contributed by atoms with van der Waals surface area (Å²) in [5, 5.41) is 0. The lowest BCUT2D eigenvalue weighted by Crippen LogP contribution is -2.48. The number of rotatable bonds is 6. The van der Waals surface area contributed by atoms with Gasteiger partial charge in [0.15, 0.2) is 0 Å². The number of nitrogens with zero attached hydrogens (tertiary/aromatic N) is 3. The van der Waals surface area contributed by atoms with Crippen molar-refractivity contribution < 1.29 is 13.6 Å². The largest absolute Gasteiger partial charge is 0.461 e. The van der Waals surface area contributed by atoms with E-state index in [1.165, 1.54) is 6.07 Å². The highest BCUT2D eigenvalue weighted by Gasteiger charge is 2.21. The minimum atomic E-state index is -0.312. The van der Waals surface area contributed by atoms with Crippen molar-refractivity contribution in [3.8, 4) is 11.3 Å². The fourth-order valence-corrected chi connectivity index (χ4v) is 3.58. The Bertz CT molecular complexity index is 950. The Morgan fingerprint density at radius 2 is 1.79 bits per heavy atom. The summed E-state index contributed by atoms with van der Waals surface area (Å²) < 4.78 is 19.6. The molecule has 0 atom stereocenters. The van der Waals surface area contributed by atoms with Gasteiger partial charge in [0.05, 0.1) is 11.3 Å². The highest BCUT2D eigenvalue weighted by molar-refractivity contribution is 5.76. The van der Waals surface area contributed by atoms with Gasteiger partial charge in [0, 0.05) is 51.8 Å². The third kappa shape index (κ3) is 4.90. The zero-order chi connectivity index (χ0) is 20.1. The molecule has 2 aromatic heterocycles. The van der Waals surface area contributed by atoms with E-state index in [9.17, 15) is 9.18 Å². The first kappa shape index (κ1) is 19.3. The molecule has 150 valence electrons. The molecule has 3 heterocycles. The minimum absolute atomic E-state index is 0.131. The minimum Gasteiger partial charge on any atom is -0.461 e. The van der Waals surface area contributed by atoms with Gasteiger partial charge in [-0.3, -0.25) is 14.7 Å². The third-order valence-electron chi connectivity index (χ3n) is 5.22. The Labute approximate surface area is 169 Å². The average molecular weight is 393 g/mol. The molecule has 29 heavy (non-hydrogen) atoms. The Balaban J connectivity index is 1.25. The summed E-state index contributed by atoms with van der Waals surface area (Å²) in [5.74, 6) is 1.01. The predicted octanol–water partition coefficient (Wildman–Crippen LogP) is 3.76. The summed E-state index contributed by atoms with van der Waals surface area (Å²) in [7, 11) is 0. The zero-order valence-corrected chi connectivity index (χ0v) is 16.3. The van der Waals surface area contributed by atoms with Gasteiger partial charge >= 0.3 is 0 Å². The van der Waals surface area contributed by atoms with Crippen LogP contribution in [0.15, 0.2) is 65.2 Å². The molecule has 0 saturated carbocycles. The van der Waals surface area contributed by atoms with Crippen LogP contribution in [0.2, 0.25) is 0 Å².